The topological polar surface area (TPSA) is 57.6 Å². The van der Waals surface area contributed by atoms with Crippen LogP contribution in [-0.4, -0.2) is 34.8 Å². The molecule has 194 valence electrons. The fourth-order valence-corrected chi connectivity index (χ4v) is 5.66. The number of carbonyl (C=O) groups is 2. The molecule has 0 saturated carbocycles. The predicted molar refractivity (Wildman–Crippen MR) is 149 cm³/mol. The highest BCUT2D eigenvalue weighted by molar-refractivity contribution is 6.36. The number of aliphatic hydroxyl groups is 1. The van der Waals surface area contributed by atoms with Gasteiger partial charge >= 0.3 is 0 Å². The Labute approximate surface area is 229 Å². The zero-order valence-corrected chi connectivity index (χ0v) is 22.5. The van der Waals surface area contributed by atoms with Gasteiger partial charge in [-0.2, -0.15) is 0 Å². The Morgan fingerprint density at radius 2 is 1.49 bits per heavy atom. The number of rotatable bonds is 10. The molecule has 0 atom stereocenters. The Morgan fingerprint density at radius 3 is 2.11 bits per heavy atom. The first kappa shape index (κ1) is 27.4. The van der Waals surface area contributed by atoms with E-state index in [1.165, 1.54) is 11.1 Å². The second-order valence-electron chi connectivity index (χ2n) is 9.82. The molecule has 1 heterocycles. The van der Waals surface area contributed by atoms with E-state index >= 15 is 0 Å². The number of hydrogen-bond donors (Lipinski definition) is 1. The monoisotopic (exact) mass is 537 g/mol. The number of likely N-dealkylation sites (tertiary alicyclic amines) is 1. The second-order valence-corrected chi connectivity index (χ2v) is 10.6. The summed E-state index contributed by atoms with van der Waals surface area (Å²) in [5.41, 5.74) is 4.83. The molecule has 1 aliphatic rings. The third-order valence-electron chi connectivity index (χ3n) is 7.18. The SMILES string of the molecule is O=C(CCCc1ccccc1)Cc1ccc(C2CCN(C(=O)Cc3c(Cl)cc(CO)cc3Cl)CC2)cc1. The van der Waals surface area contributed by atoms with Gasteiger partial charge in [-0.25, -0.2) is 0 Å². The molecule has 0 radical (unpaired) electrons. The van der Waals surface area contributed by atoms with Crippen molar-refractivity contribution in [1.29, 1.82) is 0 Å². The zero-order valence-electron chi connectivity index (χ0n) is 21.0. The van der Waals surface area contributed by atoms with Crippen molar-refractivity contribution in [2.75, 3.05) is 13.1 Å². The van der Waals surface area contributed by atoms with E-state index in [4.69, 9.17) is 23.2 Å². The first-order valence-electron chi connectivity index (χ1n) is 12.9. The Bertz CT molecular complexity index is 1180. The summed E-state index contributed by atoms with van der Waals surface area (Å²) in [6.45, 7) is 1.23. The summed E-state index contributed by atoms with van der Waals surface area (Å²) in [5, 5.41) is 10.1. The van der Waals surface area contributed by atoms with Crippen LogP contribution in [0.15, 0.2) is 66.7 Å². The normalized spacial score (nSPS) is 14.1. The highest BCUT2D eigenvalue weighted by Crippen LogP contribution is 2.31. The predicted octanol–water partition coefficient (Wildman–Crippen LogP) is 6.57. The van der Waals surface area contributed by atoms with Crippen molar-refractivity contribution in [3.8, 4) is 0 Å². The van der Waals surface area contributed by atoms with Crippen molar-refractivity contribution >= 4 is 34.9 Å². The van der Waals surface area contributed by atoms with Gasteiger partial charge in [-0.3, -0.25) is 9.59 Å². The van der Waals surface area contributed by atoms with Crippen LogP contribution in [0.2, 0.25) is 10.0 Å². The summed E-state index contributed by atoms with van der Waals surface area (Å²) in [4.78, 5) is 27.2. The molecule has 1 aliphatic heterocycles. The molecule has 0 bridgehead atoms. The van der Waals surface area contributed by atoms with Gasteiger partial charge in [0.15, 0.2) is 0 Å². The molecule has 0 aliphatic carbocycles. The number of aryl methyl sites for hydroxylation is 1. The molecule has 3 aromatic carbocycles. The maximum absolute atomic E-state index is 12.9. The maximum atomic E-state index is 12.9. The molecule has 4 rings (SSSR count). The van der Waals surface area contributed by atoms with E-state index in [2.05, 4.69) is 36.4 Å². The van der Waals surface area contributed by atoms with Crippen molar-refractivity contribution in [3.05, 3.63) is 105 Å². The molecule has 4 nitrogen and oxygen atoms in total. The zero-order chi connectivity index (χ0) is 26.2. The lowest BCUT2D eigenvalue weighted by Crippen LogP contribution is -2.38. The Hall–Kier alpha value is -2.66. The second kappa shape index (κ2) is 13.2. The molecule has 0 spiro atoms. The van der Waals surface area contributed by atoms with Crippen LogP contribution in [0.4, 0.5) is 0 Å². The van der Waals surface area contributed by atoms with Gasteiger partial charge in [-0.1, -0.05) is 77.8 Å². The van der Waals surface area contributed by atoms with E-state index in [0.29, 0.717) is 53.0 Å². The van der Waals surface area contributed by atoms with E-state index in [9.17, 15) is 14.7 Å². The molecule has 6 heteroatoms. The Balaban J connectivity index is 1.23. The third kappa shape index (κ3) is 7.67. The number of carbonyl (C=O) groups excluding carboxylic acids is 2. The van der Waals surface area contributed by atoms with Gasteiger partial charge in [0.05, 0.1) is 13.0 Å². The van der Waals surface area contributed by atoms with E-state index in [1.807, 2.05) is 23.1 Å². The van der Waals surface area contributed by atoms with Crippen molar-refractivity contribution in [3.63, 3.8) is 0 Å². The summed E-state index contributed by atoms with van der Waals surface area (Å²) in [7, 11) is 0. The molecule has 0 aromatic heterocycles. The minimum Gasteiger partial charge on any atom is -0.392 e. The van der Waals surface area contributed by atoms with Gasteiger partial charge < -0.3 is 10.0 Å². The van der Waals surface area contributed by atoms with Gasteiger partial charge in [-0.15, -0.1) is 0 Å². The number of amides is 1. The summed E-state index contributed by atoms with van der Waals surface area (Å²) < 4.78 is 0. The van der Waals surface area contributed by atoms with Crippen LogP contribution in [0.25, 0.3) is 0 Å². The Kier molecular flexibility index (Phi) is 9.79. The molecular formula is C31H33Cl2NO3. The molecule has 1 fully saturated rings. The van der Waals surface area contributed by atoms with Gasteiger partial charge in [0, 0.05) is 36.0 Å². The van der Waals surface area contributed by atoms with Crippen molar-refractivity contribution in [2.24, 2.45) is 0 Å². The third-order valence-corrected chi connectivity index (χ3v) is 7.85. The number of benzene rings is 3. The van der Waals surface area contributed by atoms with Crippen LogP contribution < -0.4 is 0 Å². The summed E-state index contributed by atoms with van der Waals surface area (Å²) in [6, 6.07) is 22.0. The fourth-order valence-electron chi connectivity index (χ4n) is 5.00. The minimum atomic E-state index is -0.146. The molecule has 0 unspecified atom stereocenters. The average Bonchev–Trinajstić information content (AvgIpc) is 2.91. The van der Waals surface area contributed by atoms with Gasteiger partial charge in [0.2, 0.25) is 5.91 Å². The number of aliphatic hydroxyl groups excluding tert-OH is 1. The lowest BCUT2D eigenvalue weighted by molar-refractivity contribution is -0.131. The first-order chi connectivity index (χ1) is 17.9. The average molecular weight is 539 g/mol. The van der Waals surface area contributed by atoms with Crippen molar-refractivity contribution in [1.82, 2.24) is 4.90 Å². The van der Waals surface area contributed by atoms with Crippen LogP contribution in [0.1, 0.15) is 59.4 Å². The van der Waals surface area contributed by atoms with E-state index in [0.717, 1.165) is 31.2 Å². The number of ketones is 1. The largest absolute Gasteiger partial charge is 0.392 e. The summed E-state index contributed by atoms with van der Waals surface area (Å²) in [5.74, 6) is 0.692. The molecule has 1 N–H and O–H groups in total. The standard InChI is InChI=1S/C31H33Cl2NO3/c32-29-18-24(21-35)19-30(33)28(29)20-31(37)34-15-13-26(14-16-34)25-11-9-23(10-12-25)17-27(36)8-4-7-22-5-2-1-3-6-22/h1-3,5-6,9-12,18-19,26,35H,4,7-8,13-17,20-21H2. The highest BCUT2D eigenvalue weighted by Gasteiger charge is 2.25. The van der Waals surface area contributed by atoms with Crippen LogP contribution in [0.3, 0.4) is 0 Å². The maximum Gasteiger partial charge on any atom is 0.227 e. The number of piperidine rings is 1. The van der Waals surface area contributed by atoms with Gasteiger partial charge in [0.25, 0.3) is 0 Å². The van der Waals surface area contributed by atoms with Crippen LogP contribution in [-0.2, 0) is 35.5 Å². The number of hydrogen-bond acceptors (Lipinski definition) is 3. The van der Waals surface area contributed by atoms with E-state index < -0.39 is 0 Å². The number of nitrogens with zero attached hydrogens (tertiary/aromatic N) is 1. The molecule has 3 aromatic rings. The van der Waals surface area contributed by atoms with Crippen molar-refractivity contribution in [2.45, 2.75) is 57.5 Å². The number of Topliss-reactive ketones (excluding diaryl/α,β-unsaturated/α-hetero) is 1. The minimum absolute atomic E-state index is 0.0140. The smallest absolute Gasteiger partial charge is 0.227 e. The van der Waals surface area contributed by atoms with E-state index in [1.54, 1.807) is 12.1 Å². The molecule has 1 amide bonds. The van der Waals surface area contributed by atoms with Gasteiger partial charge in [-0.05, 0) is 71.6 Å². The van der Waals surface area contributed by atoms with Crippen LogP contribution >= 0.6 is 23.2 Å². The Morgan fingerprint density at radius 1 is 0.838 bits per heavy atom. The van der Waals surface area contributed by atoms with Crippen LogP contribution in [0, 0.1) is 0 Å². The lowest BCUT2D eigenvalue weighted by Gasteiger charge is -2.32. The van der Waals surface area contributed by atoms with Crippen molar-refractivity contribution < 1.29 is 14.7 Å². The first-order valence-corrected chi connectivity index (χ1v) is 13.7. The lowest BCUT2D eigenvalue weighted by atomic mass is 9.88. The molecule has 1 saturated heterocycles. The quantitative estimate of drug-likeness (QED) is 0.318. The molecular weight excluding hydrogens is 505 g/mol. The highest BCUT2D eigenvalue weighted by atomic mass is 35.5. The number of halogens is 2. The summed E-state index contributed by atoms with van der Waals surface area (Å²) >= 11 is 12.6. The van der Waals surface area contributed by atoms with Crippen LogP contribution in [0.5, 0.6) is 0 Å². The van der Waals surface area contributed by atoms with E-state index in [-0.39, 0.29) is 24.7 Å². The summed E-state index contributed by atoms with van der Waals surface area (Å²) in [6.07, 6.45) is 4.84. The molecule has 37 heavy (non-hydrogen) atoms. The van der Waals surface area contributed by atoms with Gasteiger partial charge in [0.1, 0.15) is 5.78 Å². The fraction of sp³-hybridized carbons (Fsp3) is 0.355.